The molecule has 1 amide bonds. The fraction of sp³-hybridized carbons (Fsp3) is 0.316. The summed E-state index contributed by atoms with van der Waals surface area (Å²) in [7, 11) is 1.51. The minimum Gasteiger partial charge on any atom is -0.496 e. The molecule has 1 aliphatic rings. The van der Waals surface area contributed by atoms with Gasteiger partial charge in [0.05, 0.1) is 18.2 Å². The number of ether oxygens (including phenoxy) is 1. The number of nitrogens with one attached hydrogen (secondary N) is 2. The van der Waals surface area contributed by atoms with E-state index in [1.165, 1.54) is 12.0 Å². The maximum Gasteiger partial charge on any atom is 0.261 e. The van der Waals surface area contributed by atoms with Gasteiger partial charge in [-0.05, 0) is 61.2 Å². The van der Waals surface area contributed by atoms with Crippen LogP contribution < -0.4 is 15.4 Å². The van der Waals surface area contributed by atoms with E-state index in [1.807, 2.05) is 0 Å². The molecule has 0 saturated carbocycles. The zero-order chi connectivity index (χ0) is 19.6. The standard InChI is InChI=1S/C19H18BrN3O2S2/c1-10-3-5-12-14(9-21)18(27-16(12)7-10)23-19(26)22-17(24)13-8-11(20)4-6-15(13)25-2/h4,6,8,10H,3,5,7H2,1-2H3,(H2,22,23,24,26)/t10-/m1/s1. The number of thiocarbonyl (C=S) groups is 1. The molecule has 8 heteroatoms. The molecule has 0 saturated heterocycles. The third-order valence-corrected chi connectivity index (χ3v) is 6.35. The summed E-state index contributed by atoms with van der Waals surface area (Å²) < 4.78 is 6.00. The highest BCUT2D eigenvalue weighted by molar-refractivity contribution is 9.10. The fourth-order valence-electron chi connectivity index (χ4n) is 3.12. The molecule has 2 aromatic rings. The molecule has 1 heterocycles. The maximum absolute atomic E-state index is 12.6. The normalized spacial score (nSPS) is 15.4. The Morgan fingerprint density at radius 3 is 2.96 bits per heavy atom. The molecule has 2 N–H and O–H groups in total. The van der Waals surface area contributed by atoms with Gasteiger partial charge in [0.25, 0.3) is 5.91 Å². The van der Waals surface area contributed by atoms with E-state index in [4.69, 9.17) is 17.0 Å². The smallest absolute Gasteiger partial charge is 0.261 e. The average molecular weight is 464 g/mol. The summed E-state index contributed by atoms with van der Waals surface area (Å²) in [4.78, 5) is 13.8. The molecular formula is C19H18BrN3O2S2. The van der Waals surface area contributed by atoms with Crippen molar-refractivity contribution in [2.45, 2.75) is 26.2 Å². The number of amides is 1. The van der Waals surface area contributed by atoms with Gasteiger partial charge in [-0.1, -0.05) is 22.9 Å². The van der Waals surface area contributed by atoms with Crippen molar-refractivity contribution >= 4 is 55.5 Å². The summed E-state index contributed by atoms with van der Waals surface area (Å²) in [6, 6.07) is 7.45. The molecule has 1 aliphatic carbocycles. The highest BCUT2D eigenvalue weighted by Gasteiger charge is 2.24. The molecule has 5 nitrogen and oxygen atoms in total. The molecule has 0 spiro atoms. The van der Waals surface area contributed by atoms with Gasteiger partial charge in [-0.2, -0.15) is 5.26 Å². The van der Waals surface area contributed by atoms with Crippen molar-refractivity contribution in [3.8, 4) is 11.8 Å². The Hall–Kier alpha value is -1.95. The number of hydrogen-bond donors (Lipinski definition) is 2. The van der Waals surface area contributed by atoms with Crippen LogP contribution in [0.2, 0.25) is 0 Å². The summed E-state index contributed by atoms with van der Waals surface area (Å²) >= 11 is 10.2. The van der Waals surface area contributed by atoms with Gasteiger partial charge in [0, 0.05) is 9.35 Å². The minimum atomic E-state index is -0.376. The predicted octanol–water partition coefficient (Wildman–Crippen LogP) is 4.64. The van der Waals surface area contributed by atoms with E-state index in [0.29, 0.717) is 27.8 Å². The van der Waals surface area contributed by atoms with Crippen LogP contribution in [0.25, 0.3) is 0 Å². The lowest BCUT2D eigenvalue weighted by Gasteiger charge is -2.17. The number of carbonyl (C=O) groups excluding carboxylic acids is 1. The second-order valence-electron chi connectivity index (χ2n) is 6.42. The molecule has 0 unspecified atom stereocenters. The summed E-state index contributed by atoms with van der Waals surface area (Å²) in [5.41, 5.74) is 2.13. The molecule has 0 radical (unpaired) electrons. The average Bonchev–Trinajstić information content (AvgIpc) is 2.97. The van der Waals surface area contributed by atoms with Crippen LogP contribution in [-0.4, -0.2) is 18.1 Å². The number of halogens is 1. The van der Waals surface area contributed by atoms with Gasteiger partial charge in [-0.15, -0.1) is 11.3 Å². The van der Waals surface area contributed by atoms with Crippen LogP contribution >= 0.6 is 39.5 Å². The predicted molar refractivity (Wildman–Crippen MR) is 115 cm³/mol. The highest BCUT2D eigenvalue weighted by atomic mass is 79.9. The minimum absolute atomic E-state index is 0.158. The van der Waals surface area contributed by atoms with E-state index >= 15 is 0 Å². The Morgan fingerprint density at radius 2 is 2.26 bits per heavy atom. The van der Waals surface area contributed by atoms with Crippen LogP contribution in [-0.2, 0) is 12.8 Å². The molecule has 1 atom stereocenters. The van der Waals surface area contributed by atoms with Gasteiger partial charge in [-0.25, -0.2) is 0 Å². The Bertz CT molecular complexity index is 949. The molecule has 0 bridgehead atoms. The molecule has 3 rings (SSSR count). The first-order valence-electron chi connectivity index (χ1n) is 8.43. The Kier molecular flexibility index (Phi) is 6.15. The van der Waals surface area contributed by atoms with Crippen LogP contribution in [0.3, 0.4) is 0 Å². The second kappa shape index (κ2) is 8.38. The van der Waals surface area contributed by atoms with Crippen molar-refractivity contribution in [2.24, 2.45) is 5.92 Å². The first kappa shape index (κ1) is 19.8. The number of anilines is 1. The van der Waals surface area contributed by atoms with Crippen LogP contribution in [0.4, 0.5) is 5.00 Å². The number of hydrogen-bond acceptors (Lipinski definition) is 5. The van der Waals surface area contributed by atoms with E-state index in [2.05, 4.69) is 39.6 Å². The van der Waals surface area contributed by atoms with E-state index < -0.39 is 0 Å². The lowest BCUT2D eigenvalue weighted by atomic mass is 9.89. The molecule has 0 aliphatic heterocycles. The fourth-order valence-corrected chi connectivity index (χ4v) is 5.11. The van der Waals surface area contributed by atoms with Crippen molar-refractivity contribution in [1.82, 2.24) is 5.32 Å². The van der Waals surface area contributed by atoms with Crippen LogP contribution in [0.15, 0.2) is 22.7 Å². The number of nitriles is 1. The van der Waals surface area contributed by atoms with E-state index in [0.717, 1.165) is 29.3 Å². The monoisotopic (exact) mass is 463 g/mol. The molecule has 1 aromatic heterocycles. The number of benzene rings is 1. The van der Waals surface area contributed by atoms with Crippen molar-refractivity contribution < 1.29 is 9.53 Å². The largest absolute Gasteiger partial charge is 0.496 e. The number of methoxy groups -OCH3 is 1. The lowest BCUT2D eigenvalue weighted by molar-refractivity contribution is 0.0974. The van der Waals surface area contributed by atoms with Gasteiger partial charge in [-0.3, -0.25) is 10.1 Å². The maximum atomic E-state index is 12.6. The summed E-state index contributed by atoms with van der Waals surface area (Å²) in [5.74, 6) is 0.696. The summed E-state index contributed by atoms with van der Waals surface area (Å²) in [6.07, 6.45) is 2.97. The number of rotatable bonds is 3. The Labute approximate surface area is 175 Å². The van der Waals surface area contributed by atoms with Gasteiger partial charge < -0.3 is 10.1 Å². The quantitative estimate of drug-likeness (QED) is 0.648. The lowest BCUT2D eigenvalue weighted by Crippen LogP contribution is -2.34. The SMILES string of the molecule is COc1ccc(Br)cc1C(=O)NC(=S)Nc1sc2c(c1C#N)CC[C@@H](C)C2. The zero-order valence-corrected chi connectivity index (χ0v) is 18.1. The Morgan fingerprint density at radius 1 is 1.48 bits per heavy atom. The van der Waals surface area contributed by atoms with Crippen molar-refractivity contribution in [3.63, 3.8) is 0 Å². The van der Waals surface area contributed by atoms with Crippen LogP contribution in [0.1, 0.15) is 39.7 Å². The summed E-state index contributed by atoms with van der Waals surface area (Å²) in [5, 5.41) is 16.1. The number of nitrogens with zero attached hydrogens (tertiary/aromatic N) is 1. The Balaban J connectivity index is 1.76. The first-order chi connectivity index (χ1) is 12.9. The molecular weight excluding hydrogens is 446 g/mol. The number of fused-ring (bicyclic) bond motifs is 1. The zero-order valence-electron chi connectivity index (χ0n) is 14.9. The number of thiophene rings is 1. The van der Waals surface area contributed by atoms with Gasteiger partial charge in [0.1, 0.15) is 16.8 Å². The topological polar surface area (TPSA) is 74.2 Å². The van der Waals surface area contributed by atoms with Crippen LogP contribution in [0, 0.1) is 17.2 Å². The molecule has 1 aromatic carbocycles. The second-order valence-corrected chi connectivity index (χ2v) is 8.85. The van der Waals surface area contributed by atoms with Crippen molar-refractivity contribution in [3.05, 3.63) is 44.2 Å². The summed E-state index contributed by atoms with van der Waals surface area (Å²) in [6.45, 7) is 2.22. The third kappa shape index (κ3) is 4.32. The molecule has 27 heavy (non-hydrogen) atoms. The first-order valence-corrected chi connectivity index (χ1v) is 10.4. The van der Waals surface area contributed by atoms with Crippen LogP contribution in [0.5, 0.6) is 5.75 Å². The van der Waals surface area contributed by atoms with Gasteiger partial charge >= 0.3 is 0 Å². The number of carbonyl (C=O) groups is 1. The highest BCUT2D eigenvalue weighted by Crippen LogP contribution is 2.39. The third-order valence-electron chi connectivity index (χ3n) is 4.48. The van der Waals surface area contributed by atoms with Gasteiger partial charge in [0.2, 0.25) is 0 Å². The van der Waals surface area contributed by atoms with E-state index in [9.17, 15) is 10.1 Å². The van der Waals surface area contributed by atoms with E-state index in [-0.39, 0.29) is 11.0 Å². The molecule has 0 fully saturated rings. The molecule has 140 valence electrons. The van der Waals surface area contributed by atoms with Gasteiger partial charge in [0.15, 0.2) is 5.11 Å². The van der Waals surface area contributed by atoms with Crippen molar-refractivity contribution in [1.29, 1.82) is 5.26 Å². The van der Waals surface area contributed by atoms with E-state index in [1.54, 1.807) is 29.5 Å². The van der Waals surface area contributed by atoms with Crippen molar-refractivity contribution in [2.75, 3.05) is 12.4 Å².